The van der Waals surface area contributed by atoms with Crippen LogP contribution in [0.5, 0.6) is 5.75 Å². The van der Waals surface area contributed by atoms with Crippen molar-refractivity contribution in [3.8, 4) is 5.75 Å². The molecule has 1 aliphatic heterocycles. The Morgan fingerprint density at radius 3 is 2.68 bits per heavy atom. The van der Waals surface area contributed by atoms with Crippen LogP contribution in [0.2, 0.25) is 0 Å². The van der Waals surface area contributed by atoms with Crippen LogP contribution in [-0.4, -0.2) is 37.9 Å². The number of anilines is 1. The number of carbonyl (C=O) groups excluding carboxylic acids is 1. The highest BCUT2D eigenvalue weighted by Gasteiger charge is 2.33. The van der Waals surface area contributed by atoms with E-state index in [-0.39, 0.29) is 17.7 Å². The molecule has 1 aliphatic rings. The summed E-state index contributed by atoms with van der Waals surface area (Å²) >= 11 is 0. The second-order valence-electron chi connectivity index (χ2n) is 6.46. The minimum absolute atomic E-state index is 0.00777. The number of benzene rings is 2. The maximum Gasteiger partial charge on any atom is 0.240 e. The van der Waals surface area contributed by atoms with Gasteiger partial charge >= 0.3 is 0 Å². The first-order valence-electron chi connectivity index (χ1n) is 8.95. The standard InChI is InChI=1S/C20H23N3O4S/c1-4-28(25,26)22-16-9-7-8-15(12-16)18-13-19(23(21-18)14(2)24)17-10-5-6-11-20(17)27-3/h5-12,19,22H,4,13H2,1-3H3/t19-/m1/s1. The molecule has 3 rings (SSSR count). The van der Waals surface area contributed by atoms with Crippen LogP contribution in [0.4, 0.5) is 5.69 Å². The van der Waals surface area contributed by atoms with Crippen molar-refractivity contribution in [3.05, 3.63) is 59.7 Å². The van der Waals surface area contributed by atoms with Gasteiger partial charge in [0.1, 0.15) is 5.75 Å². The molecule has 0 saturated heterocycles. The summed E-state index contributed by atoms with van der Waals surface area (Å²) in [5.41, 5.74) is 2.82. The fourth-order valence-corrected chi connectivity index (χ4v) is 3.80. The van der Waals surface area contributed by atoms with Crippen LogP contribution in [0.3, 0.4) is 0 Å². The average molecular weight is 401 g/mol. The second kappa shape index (κ2) is 8.02. The third-order valence-electron chi connectivity index (χ3n) is 4.58. The van der Waals surface area contributed by atoms with Crippen LogP contribution >= 0.6 is 0 Å². The Bertz CT molecular complexity index is 1020. The fourth-order valence-electron chi connectivity index (χ4n) is 3.17. The topological polar surface area (TPSA) is 88.1 Å². The molecule has 0 saturated carbocycles. The number of hydrogen-bond donors (Lipinski definition) is 1. The van der Waals surface area contributed by atoms with Gasteiger partial charge in [0.25, 0.3) is 0 Å². The molecule has 0 aliphatic carbocycles. The zero-order valence-corrected chi connectivity index (χ0v) is 16.9. The van der Waals surface area contributed by atoms with E-state index in [1.54, 1.807) is 32.2 Å². The smallest absolute Gasteiger partial charge is 0.240 e. The summed E-state index contributed by atoms with van der Waals surface area (Å²) in [4.78, 5) is 12.2. The SMILES string of the molecule is CCS(=O)(=O)Nc1cccc(C2=NN(C(C)=O)[C@@H](c3ccccc3OC)C2)c1. The van der Waals surface area contributed by atoms with Crippen molar-refractivity contribution in [1.82, 2.24) is 5.01 Å². The molecule has 0 spiro atoms. The van der Waals surface area contributed by atoms with Crippen LogP contribution in [0, 0.1) is 0 Å². The first kappa shape index (κ1) is 19.9. The minimum atomic E-state index is -3.37. The Kier molecular flexibility index (Phi) is 5.69. The lowest BCUT2D eigenvalue weighted by Crippen LogP contribution is -2.24. The van der Waals surface area contributed by atoms with Gasteiger partial charge in [0.15, 0.2) is 0 Å². The predicted octanol–water partition coefficient (Wildman–Crippen LogP) is 3.15. The molecule has 2 aromatic carbocycles. The molecule has 0 unspecified atom stereocenters. The van der Waals surface area contributed by atoms with Crippen LogP contribution in [0.1, 0.15) is 37.4 Å². The molecule has 1 atom stereocenters. The van der Waals surface area contributed by atoms with Gasteiger partial charge in [-0.2, -0.15) is 5.10 Å². The Morgan fingerprint density at radius 1 is 1.25 bits per heavy atom. The molecule has 0 fully saturated rings. The van der Waals surface area contributed by atoms with E-state index in [1.165, 1.54) is 11.9 Å². The predicted molar refractivity (Wildman–Crippen MR) is 109 cm³/mol. The second-order valence-corrected chi connectivity index (χ2v) is 8.47. The molecular weight excluding hydrogens is 378 g/mol. The van der Waals surface area contributed by atoms with E-state index in [4.69, 9.17) is 4.74 Å². The molecule has 148 valence electrons. The number of amides is 1. The maximum atomic E-state index is 12.2. The van der Waals surface area contributed by atoms with Crippen molar-refractivity contribution in [1.29, 1.82) is 0 Å². The molecule has 0 bridgehead atoms. The quantitative estimate of drug-likeness (QED) is 0.805. The van der Waals surface area contributed by atoms with E-state index < -0.39 is 10.0 Å². The molecule has 1 amide bonds. The zero-order valence-electron chi connectivity index (χ0n) is 16.0. The van der Waals surface area contributed by atoms with Gasteiger partial charge in [-0.15, -0.1) is 0 Å². The highest BCUT2D eigenvalue weighted by Crippen LogP contribution is 2.37. The molecule has 28 heavy (non-hydrogen) atoms. The van der Waals surface area contributed by atoms with Crippen molar-refractivity contribution < 1.29 is 17.9 Å². The average Bonchev–Trinajstić information content (AvgIpc) is 3.13. The molecule has 7 nitrogen and oxygen atoms in total. The Hall–Kier alpha value is -2.87. The lowest BCUT2D eigenvalue weighted by Gasteiger charge is -2.22. The number of nitrogens with zero attached hydrogens (tertiary/aromatic N) is 2. The van der Waals surface area contributed by atoms with Gasteiger partial charge in [-0.05, 0) is 30.7 Å². The van der Waals surface area contributed by atoms with Gasteiger partial charge < -0.3 is 4.74 Å². The van der Waals surface area contributed by atoms with E-state index >= 15 is 0 Å². The maximum absolute atomic E-state index is 12.2. The molecular formula is C20H23N3O4S. The number of nitrogens with one attached hydrogen (secondary N) is 1. The van der Waals surface area contributed by atoms with Crippen LogP contribution in [-0.2, 0) is 14.8 Å². The minimum Gasteiger partial charge on any atom is -0.496 e. The van der Waals surface area contributed by atoms with Crippen molar-refractivity contribution in [2.24, 2.45) is 5.10 Å². The van der Waals surface area contributed by atoms with Crippen molar-refractivity contribution in [3.63, 3.8) is 0 Å². The Balaban J connectivity index is 1.94. The molecule has 0 radical (unpaired) electrons. The van der Waals surface area contributed by atoms with E-state index in [1.807, 2.05) is 30.3 Å². The summed E-state index contributed by atoms with van der Waals surface area (Å²) in [5.74, 6) is 0.514. The summed E-state index contributed by atoms with van der Waals surface area (Å²) < 4.78 is 31.7. The third kappa shape index (κ3) is 4.17. The van der Waals surface area contributed by atoms with Gasteiger partial charge in [0, 0.05) is 24.6 Å². The van der Waals surface area contributed by atoms with Crippen molar-refractivity contribution >= 4 is 27.3 Å². The zero-order chi connectivity index (χ0) is 20.3. The first-order chi connectivity index (χ1) is 13.3. The number of ether oxygens (including phenoxy) is 1. The molecule has 0 aromatic heterocycles. The van der Waals surface area contributed by atoms with E-state index in [0.717, 1.165) is 11.1 Å². The lowest BCUT2D eigenvalue weighted by atomic mass is 9.97. The molecule has 1 heterocycles. The van der Waals surface area contributed by atoms with Crippen LogP contribution in [0.15, 0.2) is 53.6 Å². The van der Waals surface area contributed by atoms with E-state index in [0.29, 0.717) is 23.6 Å². The molecule has 1 N–H and O–H groups in total. The summed E-state index contributed by atoms with van der Waals surface area (Å²) in [7, 11) is -1.78. The molecule has 8 heteroatoms. The molecule has 2 aromatic rings. The van der Waals surface area contributed by atoms with E-state index in [2.05, 4.69) is 9.82 Å². The number of hydrazone groups is 1. The van der Waals surface area contributed by atoms with Gasteiger partial charge in [-0.25, -0.2) is 13.4 Å². The summed E-state index contributed by atoms with van der Waals surface area (Å²) in [5, 5.41) is 5.97. The van der Waals surface area contributed by atoms with Crippen LogP contribution in [0.25, 0.3) is 0 Å². The Morgan fingerprint density at radius 2 is 2.00 bits per heavy atom. The summed E-state index contributed by atoms with van der Waals surface area (Å²) in [6.45, 7) is 3.05. The number of rotatable bonds is 6. The summed E-state index contributed by atoms with van der Waals surface area (Å²) in [6, 6.07) is 14.3. The van der Waals surface area contributed by atoms with E-state index in [9.17, 15) is 13.2 Å². The lowest BCUT2D eigenvalue weighted by molar-refractivity contribution is -0.130. The van der Waals surface area contributed by atoms with Crippen LogP contribution < -0.4 is 9.46 Å². The highest BCUT2D eigenvalue weighted by atomic mass is 32.2. The van der Waals surface area contributed by atoms with Crippen molar-refractivity contribution in [2.45, 2.75) is 26.3 Å². The third-order valence-corrected chi connectivity index (χ3v) is 5.89. The van der Waals surface area contributed by atoms with Gasteiger partial charge in [0.2, 0.25) is 15.9 Å². The Labute approximate surface area is 165 Å². The largest absolute Gasteiger partial charge is 0.496 e. The highest BCUT2D eigenvalue weighted by molar-refractivity contribution is 7.92. The van der Waals surface area contributed by atoms with Gasteiger partial charge in [-0.3, -0.25) is 9.52 Å². The number of para-hydroxylation sites is 1. The number of sulfonamides is 1. The fraction of sp³-hybridized carbons (Fsp3) is 0.300. The number of hydrogen-bond acceptors (Lipinski definition) is 5. The number of methoxy groups -OCH3 is 1. The van der Waals surface area contributed by atoms with Gasteiger partial charge in [-0.1, -0.05) is 30.3 Å². The number of carbonyl (C=O) groups is 1. The first-order valence-corrected chi connectivity index (χ1v) is 10.6. The normalized spacial score (nSPS) is 16.6. The summed E-state index contributed by atoms with van der Waals surface area (Å²) in [6.07, 6.45) is 0.504. The monoisotopic (exact) mass is 401 g/mol. The van der Waals surface area contributed by atoms with Gasteiger partial charge in [0.05, 0.1) is 24.6 Å². The van der Waals surface area contributed by atoms with Crippen molar-refractivity contribution in [2.75, 3.05) is 17.6 Å².